The molecule has 3 aliphatic rings. The fourth-order valence-corrected chi connectivity index (χ4v) is 5.43. The third kappa shape index (κ3) is 5.24. The van der Waals surface area contributed by atoms with Crippen LogP contribution in [0.3, 0.4) is 0 Å². The highest BCUT2D eigenvalue weighted by Gasteiger charge is 2.34. The Balaban J connectivity index is 1.31. The monoisotopic (exact) mass is 346 g/mol. The highest BCUT2D eigenvalue weighted by molar-refractivity contribution is 5.85. The van der Waals surface area contributed by atoms with E-state index in [4.69, 9.17) is 0 Å². The molecule has 3 saturated carbocycles. The first-order valence-corrected chi connectivity index (χ1v) is 10.7. The first-order chi connectivity index (χ1) is 12.1. The van der Waals surface area contributed by atoms with Gasteiger partial charge in [-0.1, -0.05) is 25.7 Å². The molecular weight excluding hydrogens is 312 g/mol. The van der Waals surface area contributed by atoms with Gasteiger partial charge in [-0.05, 0) is 56.8 Å². The summed E-state index contributed by atoms with van der Waals surface area (Å²) in [5, 5.41) is 0. The summed E-state index contributed by atoms with van der Waals surface area (Å²) in [6.07, 6.45) is 14.6. The summed E-state index contributed by atoms with van der Waals surface area (Å²) in [6.45, 7) is 0. The molecule has 0 aliphatic heterocycles. The summed E-state index contributed by atoms with van der Waals surface area (Å²) in [5.41, 5.74) is 0. The van der Waals surface area contributed by atoms with E-state index in [1.165, 1.54) is 32.1 Å². The van der Waals surface area contributed by atoms with Gasteiger partial charge in [0.25, 0.3) is 0 Å². The summed E-state index contributed by atoms with van der Waals surface area (Å²) in [5.74, 6) is 3.21. The van der Waals surface area contributed by atoms with E-state index in [1.54, 1.807) is 0 Å². The van der Waals surface area contributed by atoms with Gasteiger partial charge in [-0.2, -0.15) is 0 Å². The van der Waals surface area contributed by atoms with Crippen molar-refractivity contribution >= 4 is 17.3 Å². The molecule has 0 aromatic heterocycles. The molecule has 0 saturated heterocycles. The Bertz CT molecular complexity index is 486. The minimum absolute atomic E-state index is 0.106. The number of rotatable bonds is 7. The first kappa shape index (κ1) is 18.8. The number of hydrogen-bond donors (Lipinski definition) is 0. The Labute approximate surface area is 152 Å². The van der Waals surface area contributed by atoms with E-state index in [1.807, 2.05) is 0 Å². The molecular formula is C22H34O3. The van der Waals surface area contributed by atoms with Crippen molar-refractivity contribution in [1.82, 2.24) is 0 Å². The van der Waals surface area contributed by atoms with Crippen molar-refractivity contribution in [2.75, 3.05) is 0 Å². The summed E-state index contributed by atoms with van der Waals surface area (Å²) in [4.78, 5) is 36.0. The van der Waals surface area contributed by atoms with Crippen LogP contribution in [0.5, 0.6) is 0 Å². The van der Waals surface area contributed by atoms with Crippen molar-refractivity contribution in [1.29, 1.82) is 0 Å². The van der Waals surface area contributed by atoms with Crippen LogP contribution in [0.1, 0.15) is 96.3 Å². The summed E-state index contributed by atoms with van der Waals surface area (Å²) in [6, 6.07) is 0. The third-order valence-corrected chi connectivity index (χ3v) is 7.09. The lowest BCUT2D eigenvalue weighted by atomic mass is 9.66. The molecule has 0 bridgehead atoms. The smallest absolute Gasteiger partial charge is 0.136 e. The Kier molecular flexibility index (Phi) is 6.84. The van der Waals surface area contributed by atoms with Gasteiger partial charge in [-0.25, -0.2) is 0 Å². The normalized spacial score (nSPS) is 30.7. The molecule has 0 radical (unpaired) electrons. The van der Waals surface area contributed by atoms with Gasteiger partial charge in [0.1, 0.15) is 17.3 Å². The Morgan fingerprint density at radius 1 is 0.720 bits per heavy atom. The van der Waals surface area contributed by atoms with Crippen LogP contribution in [-0.2, 0) is 14.4 Å². The summed E-state index contributed by atoms with van der Waals surface area (Å²) >= 11 is 0. The standard InChI is InChI=1S/C22H34O3/c23-20-13-11-17(12-14-20)21(24)7-3-4-8-22(25)19-10-9-16-5-1-2-6-18(16)15-19/h16-19H,1-15H2. The lowest BCUT2D eigenvalue weighted by Gasteiger charge is -2.38. The van der Waals surface area contributed by atoms with Crippen molar-refractivity contribution in [2.24, 2.45) is 23.7 Å². The number of Topliss-reactive ketones (excluding diaryl/α,β-unsaturated/α-hetero) is 3. The maximum atomic E-state index is 12.5. The van der Waals surface area contributed by atoms with E-state index in [2.05, 4.69) is 0 Å². The van der Waals surface area contributed by atoms with Gasteiger partial charge in [0.2, 0.25) is 0 Å². The van der Waals surface area contributed by atoms with Crippen molar-refractivity contribution in [3.8, 4) is 0 Å². The van der Waals surface area contributed by atoms with Crippen molar-refractivity contribution < 1.29 is 14.4 Å². The maximum absolute atomic E-state index is 12.5. The number of carbonyl (C=O) groups excluding carboxylic acids is 3. The highest BCUT2D eigenvalue weighted by Crippen LogP contribution is 2.43. The minimum atomic E-state index is 0.106. The van der Waals surface area contributed by atoms with Crippen molar-refractivity contribution in [2.45, 2.75) is 96.3 Å². The average Bonchev–Trinajstić information content (AvgIpc) is 2.65. The molecule has 3 fully saturated rings. The van der Waals surface area contributed by atoms with Gasteiger partial charge >= 0.3 is 0 Å². The van der Waals surface area contributed by atoms with Crippen LogP contribution < -0.4 is 0 Å². The van der Waals surface area contributed by atoms with Gasteiger partial charge in [0, 0.05) is 37.5 Å². The van der Waals surface area contributed by atoms with Gasteiger partial charge < -0.3 is 0 Å². The number of unbranched alkanes of at least 4 members (excludes halogenated alkanes) is 1. The van der Waals surface area contributed by atoms with Gasteiger partial charge in [0.15, 0.2) is 0 Å². The molecule has 3 aliphatic carbocycles. The van der Waals surface area contributed by atoms with E-state index in [-0.39, 0.29) is 5.92 Å². The molecule has 25 heavy (non-hydrogen) atoms. The Morgan fingerprint density at radius 2 is 1.32 bits per heavy atom. The lowest BCUT2D eigenvalue weighted by Crippen LogP contribution is -2.31. The molecule has 3 heteroatoms. The number of carbonyl (C=O) groups is 3. The van der Waals surface area contributed by atoms with Gasteiger partial charge in [0.05, 0.1) is 0 Å². The Morgan fingerprint density at radius 3 is 2.00 bits per heavy atom. The largest absolute Gasteiger partial charge is 0.300 e. The number of ketones is 3. The predicted molar refractivity (Wildman–Crippen MR) is 98.2 cm³/mol. The molecule has 3 atom stereocenters. The molecule has 3 nitrogen and oxygen atoms in total. The molecule has 0 aromatic carbocycles. The molecule has 3 unspecified atom stereocenters. The molecule has 0 amide bonds. The minimum Gasteiger partial charge on any atom is -0.300 e. The fourth-order valence-electron chi connectivity index (χ4n) is 5.43. The molecule has 0 aromatic rings. The SMILES string of the molecule is O=C1CCC(C(=O)CCCCC(=O)C2CCC3CCCCC3C2)CC1. The quantitative estimate of drug-likeness (QED) is 0.606. The average molecular weight is 347 g/mol. The third-order valence-electron chi connectivity index (χ3n) is 7.09. The van der Waals surface area contributed by atoms with Crippen molar-refractivity contribution in [3.63, 3.8) is 0 Å². The maximum Gasteiger partial charge on any atom is 0.136 e. The predicted octanol–water partition coefficient (Wildman–Crippen LogP) is 5.05. The van der Waals surface area contributed by atoms with Gasteiger partial charge in [-0.15, -0.1) is 0 Å². The zero-order valence-electron chi connectivity index (χ0n) is 15.6. The van der Waals surface area contributed by atoms with E-state index >= 15 is 0 Å². The zero-order valence-corrected chi connectivity index (χ0v) is 15.6. The fraction of sp³-hybridized carbons (Fsp3) is 0.864. The second-order valence-corrected chi connectivity index (χ2v) is 8.77. The number of fused-ring (bicyclic) bond motifs is 1. The second kappa shape index (κ2) is 9.09. The molecule has 0 heterocycles. The van der Waals surface area contributed by atoms with Crippen LogP contribution >= 0.6 is 0 Å². The Hall–Kier alpha value is -0.990. The van der Waals surface area contributed by atoms with Crippen LogP contribution in [0.2, 0.25) is 0 Å². The van der Waals surface area contributed by atoms with Gasteiger partial charge in [-0.3, -0.25) is 14.4 Å². The van der Waals surface area contributed by atoms with Crippen molar-refractivity contribution in [3.05, 3.63) is 0 Å². The summed E-state index contributed by atoms with van der Waals surface area (Å²) < 4.78 is 0. The number of hydrogen-bond acceptors (Lipinski definition) is 3. The first-order valence-electron chi connectivity index (χ1n) is 10.7. The molecule has 140 valence electrons. The van der Waals surface area contributed by atoms with E-state index in [0.717, 1.165) is 50.4 Å². The lowest BCUT2D eigenvalue weighted by molar-refractivity contribution is -0.128. The van der Waals surface area contributed by atoms with Crippen LogP contribution in [0.15, 0.2) is 0 Å². The summed E-state index contributed by atoms with van der Waals surface area (Å²) in [7, 11) is 0. The molecule has 0 spiro atoms. The van der Waals surface area contributed by atoms with E-state index in [0.29, 0.717) is 49.0 Å². The topological polar surface area (TPSA) is 51.2 Å². The van der Waals surface area contributed by atoms with E-state index in [9.17, 15) is 14.4 Å². The second-order valence-electron chi connectivity index (χ2n) is 8.77. The van der Waals surface area contributed by atoms with Crippen LogP contribution in [0.4, 0.5) is 0 Å². The van der Waals surface area contributed by atoms with Crippen LogP contribution in [0.25, 0.3) is 0 Å². The van der Waals surface area contributed by atoms with Crippen LogP contribution in [-0.4, -0.2) is 17.3 Å². The zero-order chi connectivity index (χ0) is 17.6. The molecule has 0 N–H and O–H groups in total. The van der Waals surface area contributed by atoms with Crippen LogP contribution in [0, 0.1) is 23.7 Å². The van der Waals surface area contributed by atoms with E-state index < -0.39 is 0 Å². The highest BCUT2D eigenvalue weighted by atomic mass is 16.1. The molecule has 3 rings (SSSR count).